The first-order valence-corrected chi connectivity index (χ1v) is 9.58. The first kappa shape index (κ1) is 17.5. The van der Waals surface area contributed by atoms with Crippen LogP contribution in [0.1, 0.15) is 48.2 Å². The fourth-order valence-electron chi connectivity index (χ4n) is 3.89. The third-order valence-corrected chi connectivity index (χ3v) is 5.28. The van der Waals surface area contributed by atoms with Gasteiger partial charge in [-0.25, -0.2) is 4.79 Å². The summed E-state index contributed by atoms with van der Waals surface area (Å²) in [5, 5.41) is 6.64. The monoisotopic (exact) mass is 393 g/mol. The summed E-state index contributed by atoms with van der Waals surface area (Å²) < 4.78 is 12.1. The molecule has 0 atom stereocenters. The number of hydrogen-bond acceptors (Lipinski definition) is 6. The zero-order valence-corrected chi connectivity index (χ0v) is 15.6. The Kier molecular flexibility index (Phi) is 4.27. The number of aromatic nitrogens is 4. The van der Waals surface area contributed by atoms with E-state index in [9.17, 15) is 9.59 Å². The van der Waals surface area contributed by atoms with E-state index in [1.165, 1.54) is 6.26 Å². The van der Waals surface area contributed by atoms with Crippen molar-refractivity contribution in [1.82, 2.24) is 25.0 Å². The van der Waals surface area contributed by atoms with Crippen molar-refractivity contribution in [2.45, 2.75) is 38.3 Å². The van der Waals surface area contributed by atoms with Gasteiger partial charge in [0.15, 0.2) is 5.76 Å². The molecule has 29 heavy (non-hydrogen) atoms. The molecule has 0 aliphatic heterocycles. The summed E-state index contributed by atoms with van der Waals surface area (Å²) in [6.07, 6.45) is 5.81. The van der Waals surface area contributed by atoms with Crippen LogP contribution in [0.3, 0.4) is 0 Å². The Morgan fingerprint density at radius 3 is 2.93 bits per heavy atom. The number of H-pyrrole nitrogens is 1. The molecule has 0 bridgehead atoms. The van der Waals surface area contributed by atoms with Crippen LogP contribution in [-0.4, -0.2) is 25.6 Å². The summed E-state index contributed by atoms with van der Waals surface area (Å²) in [7, 11) is 0. The van der Waals surface area contributed by atoms with Crippen molar-refractivity contribution in [1.29, 1.82) is 0 Å². The second-order valence-corrected chi connectivity index (χ2v) is 7.14. The van der Waals surface area contributed by atoms with Crippen LogP contribution in [0.4, 0.5) is 0 Å². The quantitative estimate of drug-likeness (QED) is 0.538. The Labute approximate surface area is 164 Å². The van der Waals surface area contributed by atoms with E-state index in [0.29, 0.717) is 5.82 Å². The van der Waals surface area contributed by atoms with E-state index in [-0.39, 0.29) is 35.8 Å². The lowest BCUT2D eigenvalue weighted by atomic mass is 10.1. The average molecular weight is 393 g/mol. The van der Waals surface area contributed by atoms with Crippen LogP contribution in [0.15, 0.2) is 50.3 Å². The van der Waals surface area contributed by atoms with Crippen LogP contribution in [0.25, 0.3) is 22.4 Å². The number of fused-ring (bicyclic) bond motifs is 1. The largest absolute Gasteiger partial charge is 0.459 e. The van der Waals surface area contributed by atoms with Crippen LogP contribution in [-0.2, 0) is 6.54 Å². The highest BCUT2D eigenvalue weighted by Gasteiger charge is 2.21. The normalized spacial score (nSPS) is 14.6. The molecule has 1 aliphatic rings. The zero-order chi connectivity index (χ0) is 19.8. The van der Waals surface area contributed by atoms with Crippen molar-refractivity contribution < 1.29 is 13.7 Å². The van der Waals surface area contributed by atoms with Crippen LogP contribution in [0.5, 0.6) is 0 Å². The summed E-state index contributed by atoms with van der Waals surface area (Å²) in [6, 6.07) is 9.10. The smallest absolute Gasteiger partial charge is 0.326 e. The van der Waals surface area contributed by atoms with Crippen molar-refractivity contribution in [3.8, 4) is 11.4 Å². The first-order valence-electron chi connectivity index (χ1n) is 9.58. The van der Waals surface area contributed by atoms with Crippen LogP contribution in [0, 0.1) is 0 Å². The number of nitrogens with zero attached hydrogens (tertiary/aromatic N) is 3. The Morgan fingerprint density at radius 2 is 2.14 bits per heavy atom. The summed E-state index contributed by atoms with van der Waals surface area (Å²) in [4.78, 5) is 31.6. The molecule has 1 aliphatic carbocycles. The third-order valence-electron chi connectivity index (χ3n) is 5.28. The second-order valence-electron chi connectivity index (χ2n) is 7.14. The molecule has 0 saturated heterocycles. The summed E-state index contributed by atoms with van der Waals surface area (Å²) in [5.41, 5.74) is 2.28. The van der Waals surface area contributed by atoms with E-state index < -0.39 is 0 Å². The highest BCUT2D eigenvalue weighted by Crippen LogP contribution is 2.31. The summed E-state index contributed by atoms with van der Waals surface area (Å²) in [5.74, 6) is 0.522. The molecule has 5 rings (SSSR count). The molecule has 0 unspecified atom stereocenters. The van der Waals surface area contributed by atoms with E-state index in [1.807, 2.05) is 22.8 Å². The van der Waals surface area contributed by atoms with Crippen molar-refractivity contribution >= 4 is 16.9 Å². The molecular weight excluding hydrogens is 374 g/mol. The Balaban J connectivity index is 1.36. The number of furan rings is 1. The number of rotatable bonds is 5. The van der Waals surface area contributed by atoms with Crippen LogP contribution >= 0.6 is 0 Å². The van der Waals surface area contributed by atoms with Gasteiger partial charge in [0.25, 0.3) is 5.91 Å². The molecular formula is C20H19N5O4. The maximum Gasteiger partial charge on any atom is 0.326 e. The summed E-state index contributed by atoms with van der Waals surface area (Å²) >= 11 is 0. The van der Waals surface area contributed by atoms with Crippen LogP contribution < -0.4 is 11.0 Å². The molecule has 1 fully saturated rings. The molecule has 0 radical (unpaired) electrons. The van der Waals surface area contributed by atoms with Crippen molar-refractivity contribution in [3.05, 3.63) is 58.7 Å². The number of carbonyl (C=O) groups is 1. The second kappa shape index (κ2) is 7.08. The van der Waals surface area contributed by atoms with Gasteiger partial charge in [-0.2, -0.15) is 4.98 Å². The lowest BCUT2D eigenvalue weighted by Crippen LogP contribution is -2.22. The maximum absolute atomic E-state index is 12.4. The highest BCUT2D eigenvalue weighted by molar-refractivity contribution is 5.91. The van der Waals surface area contributed by atoms with Crippen molar-refractivity contribution in [2.75, 3.05) is 0 Å². The van der Waals surface area contributed by atoms with Gasteiger partial charge in [0.1, 0.15) is 0 Å². The molecule has 4 aromatic rings. The number of amides is 1. The van der Waals surface area contributed by atoms with Crippen LogP contribution in [0.2, 0.25) is 0 Å². The SMILES string of the molecule is O=C(NCc1nc(-c2ccc3c(c2)[nH]c(=O)n3C2CCCC2)no1)c1ccco1. The first-order chi connectivity index (χ1) is 14.2. The predicted molar refractivity (Wildman–Crippen MR) is 103 cm³/mol. The van der Waals surface area contributed by atoms with Gasteiger partial charge in [-0.1, -0.05) is 18.0 Å². The van der Waals surface area contributed by atoms with Gasteiger partial charge in [0.05, 0.1) is 23.8 Å². The van der Waals surface area contributed by atoms with Crippen molar-refractivity contribution in [3.63, 3.8) is 0 Å². The standard InChI is InChI=1S/C20H19N5O4/c26-19(16-6-3-9-28-16)21-11-17-23-18(24-29-17)12-7-8-15-14(10-12)22-20(27)25(15)13-4-1-2-5-13/h3,6-10,13H,1-2,4-5,11H2,(H,21,26)(H,22,27). The van der Waals surface area contributed by atoms with E-state index in [4.69, 9.17) is 8.94 Å². The van der Waals surface area contributed by atoms with E-state index in [2.05, 4.69) is 20.4 Å². The number of carbonyl (C=O) groups excluding carboxylic acids is 1. The lowest BCUT2D eigenvalue weighted by Gasteiger charge is -2.11. The lowest BCUT2D eigenvalue weighted by molar-refractivity contribution is 0.0918. The number of hydrogen-bond donors (Lipinski definition) is 2. The Morgan fingerprint density at radius 1 is 1.28 bits per heavy atom. The van der Waals surface area contributed by atoms with Gasteiger partial charge in [-0.05, 0) is 43.2 Å². The number of benzene rings is 1. The predicted octanol–water partition coefficient (Wildman–Crippen LogP) is 3.02. The fourth-order valence-corrected chi connectivity index (χ4v) is 3.89. The molecule has 2 N–H and O–H groups in total. The summed E-state index contributed by atoms with van der Waals surface area (Å²) in [6.45, 7) is 0.0870. The molecule has 3 aromatic heterocycles. The zero-order valence-electron chi connectivity index (χ0n) is 15.6. The Bertz CT molecular complexity index is 1210. The van der Waals surface area contributed by atoms with Gasteiger partial charge in [-0.3, -0.25) is 9.36 Å². The fraction of sp³-hybridized carbons (Fsp3) is 0.300. The topological polar surface area (TPSA) is 119 Å². The number of nitrogens with one attached hydrogen (secondary N) is 2. The molecule has 0 spiro atoms. The third kappa shape index (κ3) is 3.24. The molecule has 9 nitrogen and oxygen atoms in total. The van der Waals surface area contributed by atoms with Gasteiger partial charge in [0, 0.05) is 11.6 Å². The highest BCUT2D eigenvalue weighted by atomic mass is 16.5. The maximum atomic E-state index is 12.4. The molecule has 1 saturated carbocycles. The van der Waals surface area contributed by atoms with Gasteiger partial charge in [-0.15, -0.1) is 0 Å². The number of aromatic amines is 1. The molecule has 148 valence electrons. The van der Waals surface area contributed by atoms with E-state index >= 15 is 0 Å². The molecule has 1 aromatic carbocycles. The van der Waals surface area contributed by atoms with Gasteiger partial charge < -0.3 is 19.2 Å². The van der Waals surface area contributed by atoms with Gasteiger partial charge in [0.2, 0.25) is 11.7 Å². The minimum Gasteiger partial charge on any atom is -0.459 e. The number of imidazole rings is 1. The van der Waals surface area contributed by atoms with Gasteiger partial charge >= 0.3 is 5.69 Å². The Hall–Kier alpha value is -3.62. The van der Waals surface area contributed by atoms with E-state index in [1.54, 1.807) is 12.1 Å². The minimum atomic E-state index is -0.359. The molecule has 1 amide bonds. The van der Waals surface area contributed by atoms with Crippen molar-refractivity contribution in [2.24, 2.45) is 0 Å². The molecule has 9 heteroatoms. The average Bonchev–Trinajstić information content (AvgIpc) is 3.52. The molecule has 3 heterocycles. The minimum absolute atomic E-state index is 0.0847. The van der Waals surface area contributed by atoms with E-state index in [0.717, 1.165) is 42.3 Å².